The van der Waals surface area contributed by atoms with Gasteiger partial charge in [-0.05, 0) is 49.2 Å². The number of hydrogen-bond donors (Lipinski definition) is 1. The molecule has 0 radical (unpaired) electrons. The normalized spacial score (nSPS) is 10.9. The monoisotopic (exact) mass is 369 g/mol. The summed E-state index contributed by atoms with van der Waals surface area (Å²) in [5.41, 5.74) is 7.33. The molecule has 4 nitrogen and oxygen atoms in total. The van der Waals surface area contributed by atoms with Crippen LogP contribution in [0.5, 0.6) is 0 Å². The maximum atomic E-state index is 12.4. The lowest BCUT2D eigenvalue weighted by Crippen LogP contribution is -2.23. The largest absolute Gasteiger partial charge is 0.348 e. The number of rotatable bonds is 5. The van der Waals surface area contributed by atoms with Crippen molar-refractivity contribution in [2.75, 3.05) is 0 Å². The first-order chi connectivity index (χ1) is 13.6. The average Bonchev–Trinajstić information content (AvgIpc) is 3.09. The molecule has 0 saturated carbocycles. The number of benzene rings is 3. The van der Waals surface area contributed by atoms with Crippen LogP contribution in [-0.2, 0) is 13.1 Å². The molecule has 0 aliphatic rings. The molecule has 0 unspecified atom stereocenters. The summed E-state index contributed by atoms with van der Waals surface area (Å²) in [6.45, 7) is 5.30. The molecule has 0 aliphatic carbocycles. The Hall–Kier alpha value is -3.40. The van der Waals surface area contributed by atoms with Crippen LogP contribution in [0.1, 0.15) is 32.6 Å². The third-order valence-corrected chi connectivity index (χ3v) is 4.84. The molecule has 4 rings (SSSR count). The van der Waals surface area contributed by atoms with Gasteiger partial charge >= 0.3 is 0 Å². The summed E-state index contributed by atoms with van der Waals surface area (Å²) in [7, 11) is 0. The molecule has 1 heterocycles. The maximum absolute atomic E-state index is 12.4. The number of fused-ring (bicyclic) bond motifs is 1. The first-order valence-electron chi connectivity index (χ1n) is 9.43. The van der Waals surface area contributed by atoms with E-state index in [1.165, 1.54) is 5.56 Å². The number of nitrogens with one attached hydrogen (secondary N) is 1. The molecular formula is C24H23N3O. The molecule has 0 saturated heterocycles. The van der Waals surface area contributed by atoms with Gasteiger partial charge < -0.3 is 9.88 Å². The Morgan fingerprint density at radius 3 is 2.36 bits per heavy atom. The fourth-order valence-corrected chi connectivity index (χ4v) is 3.49. The van der Waals surface area contributed by atoms with Crippen molar-refractivity contribution in [3.05, 3.63) is 101 Å². The third kappa shape index (κ3) is 3.96. The molecule has 1 N–H and O–H groups in total. The second kappa shape index (κ2) is 7.69. The Labute approximate surface area is 164 Å². The topological polar surface area (TPSA) is 46.9 Å². The standard InChI is InChI=1S/C24H23N3O/c1-17-11-18(2)13-21(12-17)24(28)25-14-19-7-9-20(10-8-19)15-27-16-26-22-5-3-4-6-23(22)27/h3-13,16H,14-15H2,1-2H3,(H,25,28). The van der Waals surface area contributed by atoms with Gasteiger partial charge in [-0.2, -0.15) is 0 Å². The van der Waals surface area contributed by atoms with E-state index in [9.17, 15) is 4.79 Å². The third-order valence-electron chi connectivity index (χ3n) is 4.84. The van der Waals surface area contributed by atoms with Crippen LogP contribution >= 0.6 is 0 Å². The number of carbonyl (C=O) groups is 1. The molecule has 4 heteroatoms. The summed E-state index contributed by atoms with van der Waals surface area (Å²) in [5.74, 6) is -0.0410. The summed E-state index contributed by atoms with van der Waals surface area (Å²) in [4.78, 5) is 16.8. The van der Waals surface area contributed by atoms with Gasteiger partial charge in [-0.15, -0.1) is 0 Å². The Morgan fingerprint density at radius 2 is 1.61 bits per heavy atom. The number of hydrogen-bond acceptors (Lipinski definition) is 2. The van der Waals surface area contributed by atoms with Gasteiger partial charge in [0, 0.05) is 18.7 Å². The van der Waals surface area contributed by atoms with Crippen molar-refractivity contribution in [3.63, 3.8) is 0 Å². The van der Waals surface area contributed by atoms with Crippen LogP contribution in [0, 0.1) is 13.8 Å². The minimum atomic E-state index is -0.0410. The van der Waals surface area contributed by atoms with E-state index in [4.69, 9.17) is 0 Å². The lowest BCUT2D eigenvalue weighted by Gasteiger charge is -2.09. The van der Waals surface area contributed by atoms with Crippen molar-refractivity contribution < 1.29 is 4.79 Å². The van der Waals surface area contributed by atoms with Crippen LogP contribution in [0.2, 0.25) is 0 Å². The molecule has 140 valence electrons. The molecule has 0 aliphatic heterocycles. The van der Waals surface area contributed by atoms with E-state index >= 15 is 0 Å². The van der Waals surface area contributed by atoms with E-state index in [-0.39, 0.29) is 5.91 Å². The molecule has 3 aromatic carbocycles. The zero-order valence-electron chi connectivity index (χ0n) is 16.1. The van der Waals surface area contributed by atoms with Crippen LogP contribution in [0.25, 0.3) is 11.0 Å². The molecule has 0 fully saturated rings. The number of carbonyl (C=O) groups excluding carboxylic acids is 1. The molecule has 4 aromatic rings. The van der Waals surface area contributed by atoms with Crippen LogP contribution in [-0.4, -0.2) is 15.5 Å². The SMILES string of the molecule is Cc1cc(C)cc(C(=O)NCc2ccc(Cn3cnc4ccccc43)cc2)c1. The van der Waals surface area contributed by atoms with Gasteiger partial charge in [-0.3, -0.25) is 4.79 Å². The summed E-state index contributed by atoms with van der Waals surface area (Å²) in [6, 6.07) is 22.4. The van der Waals surface area contributed by atoms with E-state index in [1.54, 1.807) is 0 Å². The van der Waals surface area contributed by atoms with Gasteiger partial charge in [0.15, 0.2) is 0 Å². The van der Waals surface area contributed by atoms with Crippen LogP contribution < -0.4 is 5.32 Å². The van der Waals surface area contributed by atoms with E-state index in [1.807, 2.05) is 50.5 Å². The number of nitrogens with zero attached hydrogens (tertiary/aromatic N) is 2. The number of amides is 1. The number of para-hydroxylation sites is 2. The quantitative estimate of drug-likeness (QED) is 0.557. The maximum Gasteiger partial charge on any atom is 0.251 e. The summed E-state index contributed by atoms with van der Waals surface area (Å²) >= 11 is 0. The Kier molecular flexibility index (Phi) is 4.94. The number of aryl methyl sites for hydroxylation is 2. The highest BCUT2D eigenvalue weighted by Gasteiger charge is 2.07. The van der Waals surface area contributed by atoms with Gasteiger partial charge in [-0.25, -0.2) is 4.98 Å². The molecule has 1 amide bonds. The minimum absolute atomic E-state index is 0.0410. The molecule has 0 bridgehead atoms. The highest BCUT2D eigenvalue weighted by molar-refractivity contribution is 5.94. The van der Waals surface area contributed by atoms with Crippen molar-refractivity contribution in [1.29, 1.82) is 0 Å². The van der Waals surface area contributed by atoms with Gasteiger partial charge in [0.1, 0.15) is 0 Å². The second-order valence-corrected chi connectivity index (χ2v) is 7.24. The Bertz CT molecular complexity index is 1110. The zero-order valence-corrected chi connectivity index (χ0v) is 16.1. The van der Waals surface area contributed by atoms with E-state index < -0.39 is 0 Å². The Morgan fingerprint density at radius 1 is 0.929 bits per heavy atom. The van der Waals surface area contributed by atoms with Crippen molar-refractivity contribution in [1.82, 2.24) is 14.9 Å². The molecular weight excluding hydrogens is 346 g/mol. The first kappa shape index (κ1) is 18.0. The number of aromatic nitrogens is 2. The molecule has 0 spiro atoms. The summed E-state index contributed by atoms with van der Waals surface area (Å²) in [6.07, 6.45) is 1.88. The molecule has 1 aromatic heterocycles. The van der Waals surface area contributed by atoms with Crippen molar-refractivity contribution >= 4 is 16.9 Å². The molecule has 28 heavy (non-hydrogen) atoms. The fourth-order valence-electron chi connectivity index (χ4n) is 3.49. The van der Waals surface area contributed by atoms with Crippen molar-refractivity contribution in [2.45, 2.75) is 26.9 Å². The zero-order chi connectivity index (χ0) is 19.5. The average molecular weight is 369 g/mol. The minimum Gasteiger partial charge on any atom is -0.348 e. The predicted molar refractivity (Wildman–Crippen MR) is 112 cm³/mol. The van der Waals surface area contributed by atoms with Crippen molar-refractivity contribution in [2.24, 2.45) is 0 Å². The lowest BCUT2D eigenvalue weighted by atomic mass is 10.1. The summed E-state index contributed by atoms with van der Waals surface area (Å²) < 4.78 is 2.15. The lowest BCUT2D eigenvalue weighted by molar-refractivity contribution is 0.0950. The second-order valence-electron chi connectivity index (χ2n) is 7.24. The van der Waals surface area contributed by atoms with Crippen LogP contribution in [0.4, 0.5) is 0 Å². The van der Waals surface area contributed by atoms with Gasteiger partial charge in [-0.1, -0.05) is 53.6 Å². The summed E-state index contributed by atoms with van der Waals surface area (Å²) in [5, 5.41) is 3.00. The predicted octanol–water partition coefficient (Wildman–Crippen LogP) is 4.63. The Balaban J connectivity index is 1.40. The van der Waals surface area contributed by atoms with Gasteiger partial charge in [0.05, 0.1) is 17.4 Å². The van der Waals surface area contributed by atoms with E-state index in [2.05, 4.69) is 51.3 Å². The van der Waals surface area contributed by atoms with E-state index in [0.29, 0.717) is 12.1 Å². The van der Waals surface area contributed by atoms with Crippen molar-refractivity contribution in [3.8, 4) is 0 Å². The first-order valence-corrected chi connectivity index (χ1v) is 9.43. The van der Waals surface area contributed by atoms with Gasteiger partial charge in [0.2, 0.25) is 0 Å². The van der Waals surface area contributed by atoms with Crippen LogP contribution in [0.3, 0.4) is 0 Å². The fraction of sp³-hybridized carbons (Fsp3) is 0.167. The van der Waals surface area contributed by atoms with Gasteiger partial charge in [0.25, 0.3) is 5.91 Å². The van der Waals surface area contributed by atoms with E-state index in [0.717, 1.165) is 34.3 Å². The highest BCUT2D eigenvalue weighted by Crippen LogP contribution is 2.15. The molecule has 0 atom stereocenters. The number of imidazole rings is 1. The smallest absolute Gasteiger partial charge is 0.251 e. The highest BCUT2D eigenvalue weighted by atomic mass is 16.1. The van der Waals surface area contributed by atoms with Crippen LogP contribution in [0.15, 0.2) is 73.1 Å².